The van der Waals surface area contributed by atoms with E-state index in [0.717, 1.165) is 29.7 Å². The van der Waals surface area contributed by atoms with Crippen LogP contribution in [0.1, 0.15) is 23.6 Å². The standard InChI is InChI=1S/C15H13FIN/c16-12-5-3-4-11-10(12)8-9-14(11)18-15-7-2-1-6-13(15)17/h1-7,14,18H,8-9H2. The third-order valence-corrected chi connectivity index (χ3v) is 4.36. The van der Waals surface area contributed by atoms with Crippen molar-refractivity contribution in [1.29, 1.82) is 0 Å². The molecule has 0 heterocycles. The van der Waals surface area contributed by atoms with Gasteiger partial charge in [-0.25, -0.2) is 4.39 Å². The van der Waals surface area contributed by atoms with Gasteiger partial charge in [0.05, 0.1) is 6.04 Å². The fourth-order valence-electron chi connectivity index (χ4n) is 2.53. The van der Waals surface area contributed by atoms with E-state index in [2.05, 4.69) is 40.0 Å². The third kappa shape index (κ3) is 2.11. The Morgan fingerprint density at radius 3 is 2.78 bits per heavy atom. The Kier molecular flexibility index (Phi) is 3.24. The Balaban J connectivity index is 1.90. The van der Waals surface area contributed by atoms with Crippen LogP contribution in [0.2, 0.25) is 0 Å². The summed E-state index contributed by atoms with van der Waals surface area (Å²) in [5.41, 5.74) is 3.11. The first-order chi connectivity index (χ1) is 8.75. The SMILES string of the molecule is Fc1cccc2c1CCC2Nc1ccccc1I. The molecule has 0 radical (unpaired) electrons. The van der Waals surface area contributed by atoms with Gasteiger partial charge in [0.1, 0.15) is 5.82 Å². The van der Waals surface area contributed by atoms with Crippen molar-refractivity contribution in [1.82, 2.24) is 0 Å². The van der Waals surface area contributed by atoms with Crippen LogP contribution in [-0.4, -0.2) is 0 Å². The molecule has 3 heteroatoms. The fourth-order valence-corrected chi connectivity index (χ4v) is 3.07. The topological polar surface area (TPSA) is 12.0 Å². The van der Waals surface area contributed by atoms with E-state index in [0.29, 0.717) is 0 Å². The van der Waals surface area contributed by atoms with E-state index in [1.807, 2.05) is 18.2 Å². The van der Waals surface area contributed by atoms with Crippen LogP contribution in [0.4, 0.5) is 10.1 Å². The first-order valence-corrected chi connectivity index (χ1v) is 7.12. The summed E-state index contributed by atoms with van der Waals surface area (Å²) in [6.45, 7) is 0. The van der Waals surface area contributed by atoms with E-state index in [4.69, 9.17) is 0 Å². The van der Waals surface area contributed by atoms with Crippen molar-refractivity contribution in [2.24, 2.45) is 0 Å². The van der Waals surface area contributed by atoms with Gasteiger partial charge in [0.15, 0.2) is 0 Å². The Bertz CT molecular complexity index is 582. The second-order valence-electron chi connectivity index (χ2n) is 4.52. The summed E-state index contributed by atoms with van der Waals surface area (Å²) in [6, 6.07) is 13.8. The molecule has 18 heavy (non-hydrogen) atoms. The highest BCUT2D eigenvalue weighted by Crippen LogP contribution is 2.35. The minimum atomic E-state index is -0.0699. The Morgan fingerprint density at radius 1 is 1.11 bits per heavy atom. The van der Waals surface area contributed by atoms with Crippen molar-refractivity contribution in [2.45, 2.75) is 18.9 Å². The minimum absolute atomic E-state index is 0.0699. The van der Waals surface area contributed by atoms with Gasteiger partial charge in [-0.15, -0.1) is 0 Å². The number of halogens is 2. The number of para-hydroxylation sites is 1. The summed E-state index contributed by atoms with van der Waals surface area (Å²) in [6.07, 6.45) is 1.78. The summed E-state index contributed by atoms with van der Waals surface area (Å²) in [5, 5.41) is 3.52. The maximum atomic E-state index is 13.7. The Hall–Kier alpha value is -1.10. The van der Waals surface area contributed by atoms with Crippen LogP contribution in [0.3, 0.4) is 0 Å². The lowest BCUT2D eigenvalue weighted by Gasteiger charge is -2.16. The van der Waals surface area contributed by atoms with E-state index in [1.54, 1.807) is 12.1 Å². The normalized spacial score (nSPS) is 17.6. The average Bonchev–Trinajstić information content (AvgIpc) is 2.77. The predicted molar refractivity (Wildman–Crippen MR) is 80.2 cm³/mol. The van der Waals surface area contributed by atoms with E-state index >= 15 is 0 Å². The molecule has 3 rings (SSSR count). The molecule has 0 aromatic heterocycles. The molecule has 1 nitrogen and oxygen atoms in total. The molecule has 1 N–H and O–H groups in total. The zero-order valence-corrected chi connectivity index (χ0v) is 11.9. The average molecular weight is 353 g/mol. The minimum Gasteiger partial charge on any atom is -0.377 e. The van der Waals surface area contributed by atoms with Gasteiger partial charge in [0.25, 0.3) is 0 Å². The number of benzene rings is 2. The van der Waals surface area contributed by atoms with E-state index < -0.39 is 0 Å². The smallest absolute Gasteiger partial charge is 0.126 e. The number of anilines is 1. The van der Waals surface area contributed by atoms with Crippen LogP contribution in [0.15, 0.2) is 42.5 Å². The molecule has 92 valence electrons. The zero-order valence-electron chi connectivity index (χ0n) is 9.79. The first-order valence-electron chi connectivity index (χ1n) is 6.04. The predicted octanol–water partition coefficient (Wildman–Crippen LogP) is 4.53. The third-order valence-electron chi connectivity index (χ3n) is 3.42. The molecular formula is C15H13FIN. The molecule has 1 atom stereocenters. The Morgan fingerprint density at radius 2 is 1.94 bits per heavy atom. The number of hydrogen-bond donors (Lipinski definition) is 1. The van der Waals surface area contributed by atoms with Crippen molar-refractivity contribution in [3.8, 4) is 0 Å². The molecule has 1 unspecified atom stereocenters. The van der Waals surface area contributed by atoms with Crippen LogP contribution in [0.5, 0.6) is 0 Å². The summed E-state index contributed by atoms with van der Waals surface area (Å²) in [5.74, 6) is -0.0699. The largest absolute Gasteiger partial charge is 0.377 e. The lowest BCUT2D eigenvalue weighted by molar-refractivity contribution is 0.612. The van der Waals surface area contributed by atoms with Gasteiger partial charge in [-0.3, -0.25) is 0 Å². The molecule has 0 aliphatic heterocycles. The number of fused-ring (bicyclic) bond motifs is 1. The molecule has 0 fully saturated rings. The monoisotopic (exact) mass is 353 g/mol. The van der Waals surface area contributed by atoms with Crippen LogP contribution in [0.25, 0.3) is 0 Å². The maximum absolute atomic E-state index is 13.7. The second-order valence-corrected chi connectivity index (χ2v) is 5.69. The summed E-state index contributed by atoms with van der Waals surface area (Å²) < 4.78 is 14.8. The highest BCUT2D eigenvalue weighted by atomic mass is 127. The van der Waals surface area contributed by atoms with Gasteiger partial charge in [-0.1, -0.05) is 24.3 Å². The van der Waals surface area contributed by atoms with Crippen molar-refractivity contribution in [2.75, 3.05) is 5.32 Å². The number of rotatable bonds is 2. The van der Waals surface area contributed by atoms with Crippen molar-refractivity contribution in [3.05, 3.63) is 63.0 Å². The molecule has 2 aromatic rings. The van der Waals surface area contributed by atoms with Crippen molar-refractivity contribution < 1.29 is 4.39 Å². The van der Waals surface area contributed by atoms with Gasteiger partial charge in [-0.05, 0) is 64.8 Å². The van der Waals surface area contributed by atoms with Crippen LogP contribution in [-0.2, 0) is 6.42 Å². The van der Waals surface area contributed by atoms with E-state index in [1.165, 1.54) is 3.57 Å². The van der Waals surface area contributed by atoms with Crippen LogP contribution < -0.4 is 5.32 Å². The van der Waals surface area contributed by atoms with E-state index in [9.17, 15) is 4.39 Å². The molecule has 0 spiro atoms. The van der Waals surface area contributed by atoms with Crippen molar-refractivity contribution in [3.63, 3.8) is 0 Å². The lowest BCUT2D eigenvalue weighted by atomic mass is 10.1. The lowest BCUT2D eigenvalue weighted by Crippen LogP contribution is -2.08. The highest BCUT2D eigenvalue weighted by molar-refractivity contribution is 14.1. The van der Waals surface area contributed by atoms with Gasteiger partial charge in [0.2, 0.25) is 0 Å². The van der Waals surface area contributed by atoms with Gasteiger partial charge in [0, 0.05) is 9.26 Å². The van der Waals surface area contributed by atoms with Crippen LogP contribution in [0, 0.1) is 9.39 Å². The van der Waals surface area contributed by atoms with Gasteiger partial charge >= 0.3 is 0 Å². The molecule has 1 aliphatic rings. The fraction of sp³-hybridized carbons (Fsp3) is 0.200. The number of hydrogen-bond acceptors (Lipinski definition) is 1. The zero-order chi connectivity index (χ0) is 12.5. The van der Waals surface area contributed by atoms with Gasteiger partial charge in [-0.2, -0.15) is 0 Å². The van der Waals surface area contributed by atoms with Gasteiger partial charge < -0.3 is 5.32 Å². The van der Waals surface area contributed by atoms with E-state index in [-0.39, 0.29) is 11.9 Å². The maximum Gasteiger partial charge on any atom is 0.126 e. The molecular weight excluding hydrogens is 340 g/mol. The second kappa shape index (κ2) is 4.88. The summed E-state index contributed by atoms with van der Waals surface area (Å²) in [4.78, 5) is 0. The molecule has 1 aliphatic carbocycles. The first kappa shape index (κ1) is 12.0. The van der Waals surface area contributed by atoms with Crippen LogP contribution >= 0.6 is 22.6 Å². The molecule has 0 bridgehead atoms. The molecule has 0 amide bonds. The quantitative estimate of drug-likeness (QED) is 0.783. The molecule has 2 aromatic carbocycles. The highest BCUT2D eigenvalue weighted by Gasteiger charge is 2.24. The van der Waals surface area contributed by atoms with Crippen molar-refractivity contribution >= 4 is 28.3 Å². The number of nitrogens with one attached hydrogen (secondary N) is 1. The Labute approximate surface area is 120 Å². The summed E-state index contributed by atoms with van der Waals surface area (Å²) >= 11 is 2.32. The molecule has 0 saturated carbocycles. The molecule has 0 saturated heterocycles. The summed E-state index contributed by atoms with van der Waals surface area (Å²) in [7, 11) is 0.